The highest BCUT2D eigenvalue weighted by molar-refractivity contribution is 5.92. The van der Waals surface area contributed by atoms with E-state index in [2.05, 4.69) is 22.3 Å². The Balaban J connectivity index is 1.87. The summed E-state index contributed by atoms with van der Waals surface area (Å²) >= 11 is 0. The Kier molecular flexibility index (Phi) is 4.63. The first-order valence-electron chi connectivity index (χ1n) is 6.57. The minimum atomic E-state index is 0.461. The first-order chi connectivity index (χ1) is 9.17. The molecule has 1 saturated heterocycles. The van der Waals surface area contributed by atoms with Crippen molar-refractivity contribution < 1.29 is 4.74 Å². The van der Waals surface area contributed by atoms with Gasteiger partial charge in [-0.2, -0.15) is 0 Å². The molecule has 3 N–H and O–H groups in total. The van der Waals surface area contributed by atoms with Crippen molar-refractivity contribution in [3.05, 3.63) is 24.3 Å². The Labute approximate surface area is 114 Å². The number of hydrogen-bond donors (Lipinski definition) is 2. The molecule has 1 unspecified atom stereocenters. The van der Waals surface area contributed by atoms with Gasteiger partial charge >= 0.3 is 0 Å². The highest BCUT2D eigenvalue weighted by atomic mass is 16.5. The van der Waals surface area contributed by atoms with Gasteiger partial charge in [0.2, 0.25) is 0 Å². The van der Waals surface area contributed by atoms with Crippen molar-refractivity contribution in [3.8, 4) is 5.75 Å². The van der Waals surface area contributed by atoms with Crippen LogP contribution in [0, 0.1) is 5.92 Å². The molecular weight excluding hydrogens is 240 g/mol. The van der Waals surface area contributed by atoms with Crippen LogP contribution >= 0.6 is 0 Å². The average molecular weight is 262 g/mol. The first kappa shape index (κ1) is 13.7. The van der Waals surface area contributed by atoms with Gasteiger partial charge in [-0.05, 0) is 38.1 Å². The molecule has 0 saturated carbocycles. The zero-order valence-electron chi connectivity index (χ0n) is 11.6. The third-order valence-electron chi connectivity index (χ3n) is 3.35. The molecule has 1 atom stereocenters. The van der Waals surface area contributed by atoms with Gasteiger partial charge in [-0.3, -0.25) is 4.99 Å². The first-order valence-corrected chi connectivity index (χ1v) is 6.57. The average Bonchev–Trinajstić information content (AvgIpc) is 2.82. The van der Waals surface area contributed by atoms with E-state index in [0.717, 1.165) is 31.1 Å². The summed E-state index contributed by atoms with van der Waals surface area (Å²) in [5.41, 5.74) is 6.79. The summed E-state index contributed by atoms with van der Waals surface area (Å²) in [4.78, 5) is 6.73. The van der Waals surface area contributed by atoms with E-state index in [0.29, 0.717) is 11.9 Å². The number of nitrogens with zero attached hydrogens (tertiary/aromatic N) is 2. The van der Waals surface area contributed by atoms with Gasteiger partial charge in [-0.1, -0.05) is 6.07 Å². The van der Waals surface area contributed by atoms with Crippen molar-refractivity contribution in [3.63, 3.8) is 0 Å². The Hall–Kier alpha value is -1.75. The molecule has 1 aliphatic heterocycles. The predicted octanol–water partition coefficient (Wildman–Crippen LogP) is 1.37. The maximum Gasteiger partial charge on any atom is 0.193 e. The number of methoxy groups -OCH3 is 1. The van der Waals surface area contributed by atoms with Gasteiger partial charge in [0.1, 0.15) is 5.75 Å². The number of aliphatic imine (C=N–C) groups is 1. The van der Waals surface area contributed by atoms with Gasteiger partial charge in [0.15, 0.2) is 5.96 Å². The molecule has 5 nitrogen and oxygen atoms in total. The monoisotopic (exact) mass is 262 g/mol. The lowest BCUT2D eigenvalue weighted by atomic mass is 10.1. The molecule has 0 aliphatic carbocycles. The summed E-state index contributed by atoms with van der Waals surface area (Å²) in [6, 6.07) is 7.65. The molecule has 104 valence electrons. The quantitative estimate of drug-likeness (QED) is 0.635. The molecule has 5 heteroatoms. The number of likely N-dealkylation sites (tertiary alicyclic amines) is 1. The van der Waals surface area contributed by atoms with Crippen LogP contribution in [-0.4, -0.2) is 44.7 Å². The van der Waals surface area contributed by atoms with E-state index in [1.807, 2.05) is 24.3 Å². The molecule has 1 heterocycles. The van der Waals surface area contributed by atoms with Crippen LogP contribution in [0.15, 0.2) is 29.3 Å². The highest BCUT2D eigenvalue weighted by Crippen LogP contribution is 2.17. The van der Waals surface area contributed by atoms with E-state index in [1.165, 1.54) is 6.42 Å². The van der Waals surface area contributed by atoms with Crippen LogP contribution in [0.2, 0.25) is 0 Å². The molecule has 0 aromatic heterocycles. The van der Waals surface area contributed by atoms with E-state index in [9.17, 15) is 0 Å². The number of guanidine groups is 1. The molecule has 0 amide bonds. The summed E-state index contributed by atoms with van der Waals surface area (Å²) < 4.78 is 5.16. The van der Waals surface area contributed by atoms with Crippen LogP contribution in [-0.2, 0) is 0 Å². The normalized spacial score (nSPS) is 20.5. The molecule has 2 rings (SSSR count). The number of anilines is 1. The number of hydrogen-bond acceptors (Lipinski definition) is 3. The summed E-state index contributed by atoms with van der Waals surface area (Å²) in [7, 11) is 3.79. The molecule has 1 aromatic carbocycles. The Morgan fingerprint density at radius 2 is 2.42 bits per heavy atom. The fourth-order valence-corrected chi connectivity index (χ4v) is 2.29. The highest BCUT2D eigenvalue weighted by Gasteiger charge is 2.18. The van der Waals surface area contributed by atoms with Crippen LogP contribution in [0.25, 0.3) is 0 Å². The van der Waals surface area contributed by atoms with E-state index < -0.39 is 0 Å². The van der Waals surface area contributed by atoms with Crippen molar-refractivity contribution in [1.29, 1.82) is 0 Å². The summed E-state index contributed by atoms with van der Waals surface area (Å²) in [6.45, 7) is 3.05. The zero-order chi connectivity index (χ0) is 13.7. The van der Waals surface area contributed by atoms with E-state index in [-0.39, 0.29) is 0 Å². The second kappa shape index (κ2) is 6.43. The minimum absolute atomic E-state index is 0.461. The van der Waals surface area contributed by atoms with Gasteiger partial charge in [0, 0.05) is 24.8 Å². The van der Waals surface area contributed by atoms with Crippen molar-refractivity contribution in [1.82, 2.24) is 4.90 Å². The van der Waals surface area contributed by atoms with E-state index in [4.69, 9.17) is 10.5 Å². The topological polar surface area (TPSA) is 62.9 Å². The van der Waals surface area contributed by atoms with Gasteiger partial charge in [0.05, 0.1) is 7.11 Å². The van der Waals surface area contributed by atoms with Crippen LogP contribution in [0.1, 0.15) is 6.42 Å². The second-order valence-corrected chi connectivity index (χ2v) is 5.00. The Morgan fingerprint density at radius 1 is 1.58 bits per heavy atom. The van der Waals surface area contributed by atoms with E-state index >= 15 is 0 Å². The lowest BCUT2D eigenvalue weighted by molar-refractivity contribution is 0.397. The lowest BCUT2D eigenvalue weighted by Crippen LogP contribution is -2.24. The summed E-state index contributed by atoms with van der Waals surface area (Å²) in [6.07, 6.45) is 1.20. The molecule has 1 aromatic rings. The van der Waals surface area contributed by atoms with Crippen LogP contribution in [0.3, 0.4) is 0 Å². The SMILES string of the molecule is COc1cccc(NC(N)=NCC2CCN(C)C2)c1. The maximum absolute atomic E-state index is 5.89. The zero-order valence-corrected chi connectivity index (χ0v) is 11.6. The molecule has 1 fully saturated rings. The van der Waals surface area contributed by atoms with E-state index in [1.54, 1.807) is 7.11 Å². The Bertz CT molecular complexity index is 447. The number of nitrogens with two attached hydrogens (primary N) is 1. The van der Waals surface area contributed by atoms with Crippen LogP contribution < -0.4 is 15.8 Å². The maximum atomic E-state index is 5.89. The summed E-state index contributed by atoms with van der Waals surface area (Å²) in [5.74, 6) is 1.88. The van der Waals surface area contributed by atoms with Crippen molar-refractivity contribution in [2.45, 2.75) is 6.42 Å². The predicted molar refractivity (Wildman–Crippen MR) is 78.7 cm³/mol. The third-order valence-corrected chi connectivity index (χ3v) is 3.35. The van der Waals surface area contributed by atoms with Gasteiger partial charge in [-0.25, -0.2) is 0 Å². The fraction of sp³-hybridized carbons (Fsp3) is 0.500. The van der Waals surface area contributed by atoms with Gasteiger partial charge < -0.3 is 20.7 Å². The van der Waals surface area contributed by atoms with Crippen LogP contribution in [0.4, 0.5) is 5.69 Å². The molecule has 0 spiro atoms. The summed E-state index contributed by atoms with van der Waals surface area (Å²) in [5, 5.41) is 3.09. The Morgan fingerprint density at radius 3 is 3.11 bits per heavy atom. The number of nitrogens with one attached hydrogen (secondary N) is 1. The standard InChI is InChI=1S/C14H22N4O/c1-18-7-6-11(10-18)9-16-14(15)17-12-4-3-5-13(8-12)19-2/h3-5,8,11H,6-7,9-10H2,1-2H3,(H3,15,16,17). The number of ether oxygens (including phenoxy) is 1. The number of benzene rings is 1. The van der Waals surface area contributed by atoms with Gasteiger partial charge in [0.25, 0.3) is 0 Å². The smallest absolute Gasteiger partial charge is 0.193 e. The number of rotatable bonds is 4. The van der Waals surface area contributed by atoms with Gasteiger partial charge in [-0.15, -0.1) is 0 Å². The lowest BCUT2D eigenvalue weighted by Gasteiger charge is -2.10. The fourth-order valence-electron chi connectivity index (χ4n) is 2.29. The minimum Gasteiger partial charge on any atom is -0.497 e. The van der Waals surface area contributed by atoms with Crippen molar-refractivity contribution >= 4 is 11.6 Å². The van der Waals surface area contributed by atoms with Crippen molar-refractivity contribution in [2.24, 2.45) is 16.6 Å². The third kappa shape index (κ3) is 4.13. The molecular formula is C14H22N4O. The second-order valence-electron chi connectivity index (χ2n) is 5.00. The van der Waals surface area contributed by atoms with Crippen LogP contribution in [0.5, 0.6) is 5.75 Å². The molecule has 1 aliphatic rings. The largest absolute Gasteiger partial charge is 0.497 e. The molecule has 19 heavy (non-hydrogen) atoms. The molecule has 0 radical (unpaired) electrons. The molecule has 0 bridgehead atoms. The van der Waals surface area contributed by atoms with Crippen molar-refractivity contribution in [2.75, 3.05) is 39.1 Å².